The van der Waals surface area contributed by atoms with Crippen LogP contribution < -0.4 is 10.1 Å². The molecule has 146 valence electrons. The number of aryl methyl sites for hydroxylation is 1. The van der Waals surface area contributed by atoms with E-state index in [-0.39, 0.29) is 16.5 Å². The number of carbonyl (C=O) groups is 1. The van der Waals surface area contributed by atoms with Crippen molar-refractivity contribution in [3.8, 4) is 5.75 Å². The molecule has 0 saturated carbocycles. The molecule has 0 bridgehead atoms. The monoisotopic (exact) mass is 410 g/mol. The van der Waals surface area contributed by atoms with Gasteiger partial charge in [-0.2, -0.15) is 4.31 Å². The first-order chi connectivity index (χ1) is 12.7. The Bertz CT molecular complexity index is 898. The molecule has 0 aliphatic carbocycles. The normalized spacial score (nSPS) is 11.4. The number of hydrogen-bond acceptors (Lipinski definition) is 4. The van der Waals surface area contributed by atoms with Crippen molar-refractivity contribution in [3.63, 3.8) is 0 Å². The third kappa shape index (κ3) is 5.69. The van der Waals surface area contributed by atoms with Crippen molar-refractivity contribution in [2.75, 3.05) is 20.2 Å². The van der Waals surface area contributed by atoms with Crippen LogP contribution in [0.15, 0.2) is 47.4 Å². The van der Waals surface area contributed by atoms with E-state index in [9.17, 15) is 13.2 Å². The number of likely N-dealkylation sites (N-methyl/N-ethyl adjacent to an activating group) is 1. The summed E-state index contributed by atoms with van der Waals surface area (Å²) in [5, 5.41) is 2.92. The third-order valence-electron chi connectivity index (χ3n) is 3.89. The quantitative estimate of drug-likeness (QED) is 0.725. The highest BCUT2D eigenvalue weighted by atomic mass is 35.5. The summed E-state index contributed by atoms with van der Waals surface area (Å²) >= 11 is 6.07. The van der Waals surface area contributed by atoms with Crippen LogP contribution >= 0.6 is 11.6 Å². The van der Waals surface area contributed by atoms with Gasteiger partial charge in [0.15, 0.2) is 0 Å². The van der Waals surface area contributed by atoms with E-state index in [2.05, 4.69) is 5.32 Å². The van der Waals surface area contributed by atoms with Gasteiger partial charge in [-0.15, -0.1) is 0 Å². The SMILES string of the molecule is CCOc1ccc(S(=O)(=O)N(C)CC(=O)NCc2ccc(C)cc2)cc1Cl. The lowest BCUT2D eigenvalue weighted by molar-refractivity contribution is -0.121. The van der Waals surface area contributed by atoms with Crippen molar-refractivity contribution in [3.05, 3.63) is 58.6 Å². The molecule has 0 spiro atoms. The highest BCUT2D eigenvalue weighted by Gasteiger charge is 2.24. The van der Waals surface area contributed by atoms with E-state index in [1.807, 2.05) is 38.1 Å². The van der Waals surface area contributed by atoms with Crippen LogP contribution in [0.1, 0.15) is 18.1 Å². The second kappa shape index (κ2) is 9.21. The Hall–Kier alpha value is -2.09. The Morgan fingerprint density at radius 1 is 1.19 bits per heavy atom. The number of benzene rings is 2. The van der Waals surface area contributed by atoms with Crippen LogP contribution in [0.2, 0.25) is 5.02 Å². The van der Waals surface area contributed by atoms with Gasteiger partial charge >= 0.3 is 0 Å². The average molecular weight is 411 g/mol. The Labute approximate surface area is 165 Å². The molecule has 0 aliphatic heterocycles. The van der Waals surface area contributed by atoms with Crippen LogP contribution in [0.25, 0.3) is 0 Å². The topological polar surface area (TPSA) is 75.7 Å². The van der Waals surface area contributed by atoms with E-state index in [1.165, 1.54) is 25.2 Å². The molecule has 0 radical (unpaired) electrons. The molecule has 1 N–H and O–H groups in total. The number of halogens is 1. The van der Waals surface area contributed by atoms with Gasteiger partial charge in [-0.25, -0.2) is 8.42 Å². The van der Waals surface area contributed by atoms with Gasteiger partial charge < -0.3 is 10.1 Å². The number of sulfonamides is 1. The zero-order chi connectivity index (χ0) is 20.0. The molecule has 0 aliphatic rings. The summed E-state index contributed by atoms with van der Waals surface area (Å²) in [5.41, 5.74) is 2.07. The molecular weight excluding hydrogens is 388 g/mol. The molecule has 2 aromatic rings. The van der Waals surface area contributed by atoms with Gasteiger partial charge in [-0.1, -0.05) is 41.4 Å². The molecule has 0 aromatic heterocycles. The van der Waals surface area contributed by atoms with Gasteiger partial charge in [0.05, 0.1) is 23.1 Å². The van der Waals surface area contributed by atoms with E-state index in [4.69, 9.17) is 16.3 Å². The van der Waals surface area contributed by atoms with Crippen LogP contribution in [-0.4, -0.2) is 38.8 Å². The highest BCUT2D eigenvalue weighted by molar-refractivity contribution is 7.89. The molecule has 0 unspecified atom stereocenters. The van der Waals surface area contributed by atoms with Gasteiger partial charge in [0.2, 0.25) is 15.9 Å². The zero-order valence-electron chi connectivity index (χ0n) is 15.5. The van der Waals surface area contributed by atoms with Gasteiger partial charge in [0.1, 0.15) is 5.75 Å². The third-order valence-corrected chi connectivity index (χ3v) is 5.98. The first kappa shape index (κ1) is 21.2. The Kier molecular flexibility index (Phi) is 7.24. The Morgan fingerprint density at radius 3 is 2.44 bits per heavy atom. The molecule has 2 aromatic carbocycles. The lowest BCUT2D eigenvalue weighted by atomic mass is 10.1. The summed E-state index contributed by atoms with van der Waals surface area (Å²) in [4.78, 5) is 12.1. The van der Waals surface area contributed by atoms with Crippen LogP contribution in [0.3, 0.4) is 0 Å². The van der Waals surface area contributed by atoms with Crippen molar-refractivity contribution in [1.82, 2.24) is 9.62 Å². The number of carbonyl (C=O) groups excluding carboxylic acids is 1. The van der Waals surface area contributed by atoms with Crippen LogP contribution in [-0.2, 0) is 21.4 Å². The number of nitrogens with one attached hydrogen (secondary N) is 1. The molecule has 27 heavy (non-hydrogen) atoms. The largest absolute Gasteiger partial charge is 0.492 e. The van der Waals surface area contributed by atoms with Gasteiger partial charge in [0, 0.05) is 13.6 Å². The van der Waals surface area contributed by atoms with E-state index >= 15 is 0 Å². The number of amides is 1. The summed E-state index contributed by atoms with van der Waals surface area (Å²) in [7, 11) is -2.49. The number of ether oxygens (including phenoxy) is 1. The standard InChI is InChI=1S/C19H23ClN2O4S/c1-4-26-18-10-9-16(11-17(18)20)27(24,25)22(3)13-19(23)21-12-15-7-5-14(2)6-8-15/h5-11H,4,12-13H2,1-3H3,(H,21,23). The lowest BCUT2D eigenvalue weighted by Crippen LogP contribution is -2.38. The molecule has 0 heterocycles. The van der Waals surface area contributed by atoms with Crippen molar-refractivity contribution in [2.45, 2.75) is 25.3 Å². The first-order valence-electron chi connectivity index (χ1n) is 8.45. The van der Waals surface area contributed by atoms with Crippen LogP contribution in [0.4, 0.5) is 0 Å². The smallest absolute Gasteiger partial charge is 0.243 e. The van der Waals surface area contributed by atoms with Crippen molar-refractivity contribution in [2.24, 2.45) is 0 Å². The molecule has 0 fully saturated rings. The maximum atomic E-state index is 12.6. The van der Waals surface area contributed by atoms with E-state index in [0.717, 1.165) is 15.4 Å². The predicted octanol–water partition coefficient (Wildman–Crippen LogP) is 2.98. The summed E-state index contributed by atoms with van der Waals surface area (Å²) in [6, 6.07) is 12.0. The van der Waals surface area contributed by atoms with Crippen molar-refractivity contribution >= 4 is 27.5 Å². The Morgan fingerprint density at radius 2 is 1.85 bits per heavy atom. The average Bonchev–Trinajstić information content (AvgIpc) is 2.63. The molecule has 1 amide bonds. The van der Waals surface area contributed by atoms with Crippen LogP contribution in [0.5, 0.6) is 5.75 Å². The van der Waals surface area contributed by atoms with E-state index < -0.39 is 15.9 Å². The Balaban J connectivity index is 2.00. The number of rotatable bonds is 8. The molecule has 6 nitrogen and oxygen atoms in total. The molecule has 2 rings (SSSR count). The molecular formula is C19H23ClN2O4S. The maximum absolute atomic E-state index is 12.6. The summed E-state index contributed by atoms with van der Waals surface area (Å²) in [6.45, 7) is 4.26. The molecule has 8 heteroatoms. The minimum atomic E-state index is -3.84. The fourth-order valence-electron chi connectivity index (χ4n) is 2.34. The number of hydrogen-bond donors (Lipinski definition) is 1. The first-order valence-corrected chi connectivity index (χ1v) is 10.3. The fourth-order valence-corrected chi connectivity index (χ4v) is 3.80. The van der Waals surface area contributed by atoms with Crippen molar-refractivity contribution in [1.29, 1.82) is 0 Å². The summed E-state index contributed by atoms with van der Waals surface area (Å²) in [6.07, 6.45) is 0. The molecule has 0 atom stereocenters. The van der Waals surface area contributed by atoms with Gasteiger partial charge in [-0.05, 0) is 37.6 Å². The van der Waals surface area contributed by atoms with Crippen molar-refractivity contribution < 1.29 is 17.9 Å². The summed E-state index contributed by atoms with van der Waals surface area (Å²) < 4.78 is 31.6. The zero-order valence-corrected chi connectivity index (χ0v) is 17.1. The number of nitrogens with zero attached hydrogens (tertiary/aromatic N) is 1. The maximum Gasteiger partial charge on any atom is 0.243 e. The second-order valence-electron chi connectivity index (χ2n) is 6.05. The highest BCUT2D eigenvalue weighted by Crippen LogP contribution is 2.28. The second-order valence-corrected chi connectivity index (χ2v) is 8.50. The van der Waals surface area contributed by atoms with Gasteiger partial charge in [-0.3, -0.25) is 4.79 Å². The van der Waals surface area contributed by atoms with E-state index in [1.54, 1.807) is 0 Å². The minimum Gasteiger partial charge on any atom is -0.492 e. The van der Waals surface area contributed by atoms with Gasteiger partial charge in [0.25, 0.3) is 0 Å². The lowest BCUT2D eigenvalue weighted by Gasteiger charge is -2.17. The van der Waals surface area contributed by atoms with E-state index in [0.29, 0.717) is 18.9 Å². The van der Waals surface area contributed by atoms with Crippen LogP contribution in [0, 0.1) is 6.92 Å². The summed E-state index contributed by atoms with van der Waals surface area (Å²) in [5.74, 6) is 0.0234. The fraction of sp³-hybridized carbons (Fsp3) is 0.316. The predicted molar refractivity (Wildman–Crippen MR) is 105 cm³/mol. The molecule has 0 saturated heterocycles. The minimum absolute atomic E-state index is 0.00443.